The Hall–Kier alpha value is -0.570. The molecule has 0 atom stereocenters. The minimum Gasteiger partial charge on any atom is -0.396 e. The first kappa shape index (κ1) is 11.5. The molecule has 0 unspecified atom stereocenters. The molecule has 1 aromatic carbocycles. The van der Waals surface area contributed by atoms with Gasteiger partial charge in [-0.3, -0.25) is 0 Å². The van der Waals surface area contributed by atoms with Crippen molar-refractivity contribution < 1.29 is 5.11 Å². The lowest BCUT2D eigenvalue weighted by Gasteiger charge is -2.05. The minimum atomic E-state index is 0.249. The Balaban J connectivity index is 2.21. The molecule has 0 aromatic heterocycles. The fourth-order valence-corrected chi connectivity index (χ4v) is 1.48. The van der Waals surface area contributed by atoms with E-state index in [0.717, 1.165) is 31.0 Å². The van der Waals surface area contributed by atoms with Crippen LogP contribution < -0.4 is 5.32 Å². The summed E-state index contributed by atoms with van der Waals surface area (Å²) in [5.74, 6) is 0. The number of benzene rings is 1. The lowest BCUT2D eigenvalue weighted by atomic mass is 10.1. The standard InChI is InChI=1S/C11H16ClNO/c12-11-5-2-1-4-10(11)6-8-13-7-3-9-14/h1-2,4-5,13-14H,3,6-9H2. The van der Waals surface area contributed by atoms with E-state index in [-0.39, 0.29) is 6.61 Å². The highest BCUT2D eigenvalue weighted by Gasteiger charge is 1.97. The maximum Gasteiger partial charge on any atom is 0.0443 e. The first-order valence-electron chi connectivity index (χ1n) is 4.89. The Bertz CT molecular complexity index is 265. The summed E-state index contributed by atoms with van der Waals surface area (Å²) in [7, 11) is 0. The zero-order valence-corrected chi connectivity index (χ0v) is 8.93. The molecule has 1 rings (SSSR count). The summed E-state index contributed by atoms with van der Waals surface area (Å²) in [6.07, 6.45) is 1.74. The monoisotopic (exact) mass is 213 g/mol. The van der Waals surface area contributed by atoms with Gasteiger partial charge in [-0.2, -0.15) is 0 Å². The van der Waals surface area contributed by atoms with Crippen LogP contribution in [-0.4, -0.2) is 24.8 Å². The van der Waals surface area contributed by atoms with Gasteiger partial charge in [-0.25, -0.2) is 0 Å². The van der Waals surface area contributed by atoms with Gasteiger partial charge in [-0.05, 0) is 37.6 Å². The van der Waals surface area contributed by atoms with Crippen LogP contribution in [-0.2, 0) is 6.42 Å². The van der Waals surface area contributed by atoms with Crippen molar-refractivity contribution in [2.24, 2.45) is 0 Å². The first-order chi connectivity index (χ1) is 6.84. The summed E-state index contributed by atoms with van der Waals surface area (Å²) in [6.45, 7) is 2.02. The highest BCUT2D eigenvalue weighted by molar-refractivity contribution is 6.31. The van der Waals surface area contributed by atoms with E-state index in [1.165, 1.54) is 5.56 Å². The first-order valence-corrected chi connectivity index (χ1v) is 5.27. The van der Waals surface area contributed by atoms with Gasteiger partial charge in [0.25, 0.3) is 0 Å². The lowest BCUT2D eigenvalue weighted by Crippen LogP contribution is -2.19. The van der Waals surface area contributed by atoms with Crippen LogP contribution in [0.15, 0.2) is 24.3 Å². The van der Waals surface area contributed by atoms with Gasteiger partial charge in [0.1, 0.15) is 0 Å². The molecule has 0 aliphatic rings. The Morgan fingerprint density at radius 2 is 2.00 bits per heavy atom. The van der Waals surface area contributed by atoms with Crippen LogP contribution in [0.2, 0.25) is 5.02 Å². The topological polar surface area (TPSA) is 32.3 Å². The highest BCUT2D eigenvalue weighted by Crippen LogP contribution is 2.14. The number of aliphatic hydroxyl groups excluding tert-OH is 1. The van der Waals surface area contributed by atoms with E-state index in [4.69, 9.17) is 16.7 Å². The van der Waals surface area contributed by atoms with Crippen LogP contribution in [0.4, 0.5) is 0 Å². The molecule has 0 spiro atoms. The smallest absolute Gasteiger partial charge is 0.0443 e. The number of aliphatic hydroxyl groups is 1. The highest BCUT2D eigenvalue weighted by atomic mass is 35.5. The number of rotatable bonds is 6. The van der Waals surface area contributed by atoms with Gasteiger partial charge in [0.05, 0.1) is 0 Å². The Morgan fingerprint density at radius 3 is 2.71 bits per heavy atom. The Labute approximate surface area is 89.9 Å². The Kier molecular flexibility index (Phi) is 5.60. The molecule has 0 aliphatic heterocycles. The van der Waals surface area contributed by atoms with Crippen molar-refractivity contribution >= 4 is 11.6 Å². The molecule has 2 N–H and O–H groups in total. The van der Waals surface area contributed by atoms with Crippen molar-refractivity contribution in [3.8, 4) is 0 Å². The predicted molar refractivity (Wildman–Crippen MR) is 59.7 cm³/mol. The van der Waals surface area contributed by atoms with Crippen molar-refractivity contribution in [2.75, 3.05) is 19.7 Å². The van der Waals surface area contributed by atoms with E-state index in [2.05, 4.69) is 5.32 Å². The molecule has 0 amide bonds. The molecule has 0 radical (unpaired) electrons. The van der Waals surface area contributed by atoms with Gasteiger partial charge in [0.15, 0.2) is 0 Å². The molecular formula is C11H16ClNO. The maximum absolute atomic E-state index is 8.57. The number of hydrogen-bond acceptors (Lipinski definition) is 2. The fraction of sp³-hybridized carbons (Fsp3) is 0.455. The van der Waals surface area contributed by atoms with Gasteiger partial charge in [0, 0.05) is 11.6 Å². The summed E-state index contributed by atoms with van der Waals surface area (Å²) >= 11 is 6.00. The summed E-state index contributed by atoms with van der Waals surface area (Å²) < 4.78 is 0. The van der Waals surface area contributed by atoms with Gasteiger partial charge in [-0.15, -0.1) is 0 Å². The second-order valence-corrected chi connectivity index (χ2v) is 3.58. The average molecular weight is 214 g/mol. The molecule has 0 heterocycles. The largest absolute Gasteiger partial charge is 0.396 e. The van der Waals surface area contributed by atoms with Crippen LogP contribution in [0.25, 0.3) is 0 Å². The van der Waals surface area contributed by atoms with E-state index in [0.29, 0.717) is 0 Å². The second-order valence-electron chi connectivity index (χ2n) is 3.17. The van der Waals surface area contributed by atoms with Crippen molar-refractivity contribution in [2.45, 2.75) is 12.8 Å². The molecule has 14 heavy (non-hydrogen) atoms. The van der Waals surface area contributed by atoms with Crippen molar-refractivity contribution in [1.82, 2.24) is 5.32 Å². The van der Waals surface area contributed by atoms with Crippen molar-refractivity contribution in [1.29, 1.82) is 0 Å². The average Bonchev–Trinajstić information content (AvgIpc) is 2.20. The van der Waals surface area contributed by atoms with Crippen LogP contribution in [0.1, 0.15) is 12.0 Å². The SMILES string of the molecule is OCCCNCCc1ccccc1Cl. The van der Waals surface area contributed by atoms with Crippen LogP contribution >= 0.6 is 11.6 Å². The second kappa shape index (κ2) is 6.82. The van der Waals surface area contributed by atoms with Crippen LogP contribution in [0, 0.1) is 0 Å². The van der Waals surface area contributed by atoms with Crippen LogP contribution in [0.5, 0.6) is 0 Å². The molecule has 2 nitrogen and oxygen atoms in total. The van der Waals surface area contributed by atoms with Gasteiger partial charge in [-0.1, -0.05) is 29.8 Å². The number of nitrogens with one attached hydrogen (secondary N) is 1. The third-order valence-electron chi connectivity index (χ3n) is 2.04. The van der Waals surface area contributed by atoms with E-state index in [1.807, 2.05) is 24.3 Å². The molecule has 1 aromatic rings. The molecule has 0 saturated carbocycles. The summed E-state index contributed by atoms with van der Waals surface area (Å²) in [6, 6.07) is 7.88. The zero-order valence-electron chi connectivity index (χ0n) is 8.17. The number of hydrogen-bond donors (Lipinski definition) is 2. The fourth-order valence-electron chi connectivity index (χ4n) is 1.25. The van der Waals surface area contributed by atoms with E-state index >= 15 is 0 Å². The summed E-state index contributed by atoms with van der Waals surface area (Å²) in [5.41, 5.74) is 1.17. The number of halogens is 1. The molecular weight excluding hydrogens is 198 g/mol. The van der Waals surface area contributed by atoms with E-state index in [9.17, 15) is 0 Å². The van der Waals surface area contributed by atoms with Crippen LogP contribution in [0.3, 0.4) is 0 Å². The molecule has 0 bridgehead atoms. The molecule has 0 fully saturated rings. The molecule has 0 aliphatic carbocycles. The van der Waals surface area contributed by atoms with Crippen molar-refractivity contribution in [3.05, 3.63) is 34.9 Å². The minimum absolute atomic E-state index is 0.249. The van der Waals surface area contributed by atoms with Gasteiger partial charge in [0.2, 0.25) is 0 Å². The summed E-state index contributed by atoms with van der Waals surface area (Å²) in [5, 5.41) is 12.6. The molecule has 0 saturated heterocycles. The quantitative estimate of drug-likeness (QED) is 0.707. The van der Waals surface area contributed by atoms with Crippen molar-refractivity contribution in [3.63, 3.8) is 0 Å². The van der Waals surface area contributed by atoms with Gasteiger partial charge >= 0.3 is 0 Å². The third-order valence-corrected chi connectivity index (χ3v) is 2.41. The molecule has 3 heteroatoms. The van der Waals surface area contributed by atoms with Gasteiger partial charge < -0.3 is 10.4 Å². The predicted octanol–water partition coefficient (Wildman–Crippen LogP) is 1.85. The normalized spacial score (nSPS) is 10.4. The molecule has 78 valence electrons. The lowest BCUT2D eigenvalue weighted by molar-refractivity contribution is 0.286. The third kappa shape index (κ3) is 4.09. The zero-order chi connectivity index (χ0) is 10.2. The maximum atomic E-state index is 8.57. The Morgan fingerprint density at radius 1 is 1.21 bits per heavy atom. The summed E-state index contributed by atoms with van der Waals surface area (Å²) in [4.78, 5) is 0. The van der Waals surface area contributed by atoms with E-state index < -0.39 is 0 Å². The van der Waals surface area contributed by atoms with E-state index in [1.54, 1.807) is 0 Å².